The zero-order valence-electron chi connectivity index (χ0n) is 8.12. The largest absolute Gasteiger partial charge is 0.505 e. The predicted octanol–water partition coefficient (Wildman–Crippen LogP) is 1.78. The maximum absolute atomic E-state index is 5.64. The Hall–Kier alpha value is -0.283. The Morgan fingerprint density at radius 3 is 2.83 bits per heavy atom. The Balaban J connectivity index is 2.04. The lowest BCUT2D eigenvalue weighted by molar-refractivity contribution is 0.301. The van der Waals surface area contributed by atoms with E-state index in [-0.39, 0.29) is 0 Å². The van der Waals surface area contributed by atoms with Crippen molar-refractivity contribution in [1.82, 2.24) is 0 Å². The minimum absolute atomic E-state index is 0.720. The summed E-state index contributed by atoms with van der Waals surface area (Å²) in [6.45, 7) is 5.38. The third-order valence-corrected chi connectivity index (χ3v) is 2.94. The van der Waals surface area contributed by atoms with Crippen molar-refractivity contribution in [3.63, 3.8) is 0 Å². The van der Waals surface area contributed by atoms with Gasteiger partial charge in [-0.2, -0.15) is 0 Å². The van der Waals surface area contributed by atoms with Gasteiger partial charge in [0.15, 0.2) is 9.04 Å². The van der Waals surface area contributed by atoms with E-state index in [2.05, 4.69) is 19.2 Å². The van der Waals surface area contributed by atoms with Crippen LogP contribution < -0.4 is 0 Å². The Kier molecular flexibility index (Phi) is 3.82. The third kappa shape index (κ3) is 3.41. The van der Waals surface area contributed by atoms with Crippen LogP contribution in [-0.4, -0.2) is 22.8 Å². The van der Waals surface area contributed by atoms with Crippen molar-refractivity contribution in [2.75, 3.05) is 13.7 Å². The molecule has 0 N–H and O–H groups in total. The average molecular weight is 186 g/mol. The van der Waals surface area contributed by atoms with Gasteiger partial charge in [-0.1, -0.05) is 0 Å². The molecule has 1 aliphatic rings. The van der Waals surface area contributed by atoms with Crippen molar-refractivity contribution in [3.8, 4) is 0 Å². The highest BCUT2D eigenvalue weighted by molar-refractivity contribution is 6.48. The summed E-state index contributed by atoms with van der Waals surface area (Å²) in [7, 11) is 0.889. The van der Waals surface area contributed by atoms with Crippen LogP contribution in [0.25, 0.3) is 0 Å². The molecule has 0 heterocycles. The molecule has 2 nitrogen and oxygen atoms in total. The maximum Gasteiger partial charge on any atom is 0.170 e. The van der Waals surface area contributed by atoms with Gasteiger partial charge in [-0.3, -0.25) is 0 Å². The molecule has 2 atom stereocenters. The molecule has 0 aromatic rings. The van der Waals surface area contributed by atoms with Gasteiger partial charge in [0.25, 0.3) is 0 Å². The highest BCUT2D eigenvalue weighted by Crippen LogP contribution is 2.39. The highest BCUT2D eigenvalue weighted by Gasteiger charge is 2.34. The molecular weight excluding hydrogens is 168 g/mol. The van der Waals surface area contributed by atoms with Gasteiger partial charge in [0.05, 0.1) is 13.4 Å². The molecule has 1 fully saturated rings. The summed E-state index contributed by atoms with van der Waals surface area (Å²) in [6, 6.07) is 0. The molecular formula is C9H18O2Si. The Bertz CT molecular complexity index is 157. The van der Waals surface area contributed by atoms with E-state index in [0.29, 0.717) is 0 Å². The predicted molar refractivity (Wildman–Crippen MR) is 52.6 cm³/mol. The molecule has 0 radical (unpaired) electrons. The molecule has 1 rings (SSSR count). The zero-order chi connectivity index (χ0) is 8.97. The van der Waals surface area contributed by atoms with E-state index in [0.717, 1.165) is 18.4 Å². The fraction of sp³-hybridized carbons (Fsp3) is 0.778. The second-order valence-corrected chi connectivity index (χ2v) is 6.04. The van der Waals surface area contributed by atoms with Crippen LogP contribution in [0.4, 0.5) is 0 Å². The van der Waals surface area contributed by atoms with E-state index >= 15 is 0 Å². The Morgan fingerprint density at radius 1 is 1.50 bits per heavy atom. The molecule has 0 amide bonds. The normalized spacial score (nSPS) is 28.3. The molecule has 1 saturated carbocycles. The molecule has 3 heteroatoms. The monoisotopic (exact) mass is 186 g/mol. The number of allylic oxidation sites excluding steroid dienone is 1. The molecule has 0 aromatic heterocycles. The van der Waals surface area contributed by atoms with Crippen LogP contribution in [0.1, 0.15) is 6.42 Å². The van der Waals surface area contributed by atoms with Crippen LogP contribution in [0.2, 0.25) is 13.1 Å². The van der Waals surface area contributed by atoms with Crippen LogP contribution in [-0.2, 0) is 9.16 Å². The summed E-state index contributed by atoms with van der Waals surface area (Å²) in [5.41, 5.74) is 0. The third-order valence-electron chi connectivity index (χ3n) is 2.08. The maximum atomic E-state index is 5.64. The van der Waals surface area contributed by atoms with Crippen LogP contribution >= 0.6 is 0 Å². The molecule has 1 aliphatic carbocycles. The second-order valence-electron chi connectivity index (χ2n) is 3.61. The molecule has 2 unspecified atom stereocenters. The molecule has 0 aliphatic heterocycles. The van der Waals surface area contributed by atoms with Crippen molar-refractivity contribution in [2.24, 2.45) is 11.8 Å². The van der Waals surface area contributed by atoms with Gasteiger partial charge in [-0.25, -0.2) is 0 Å². The van der Waals surface area contributed by atoms with Crippen molar-refractivity contribution >= 4 is 9.04 Å². The first-order valence-electron chi connectivity index (χ1n) is 4.55. The molecule has 0 bridgehead atoms. The summed E-state index contributed by atoms with van der Waals surface area (Å²) < 4.78 is 10.5. The van der Waals surface area contributed by atoms with Gasteiger partial charge < -0.3 is 9.16 Å². The lowest BCUT2D eigenvalue weighted by atomic mass is 10.3. The van der Waals surface area contributed by atoms with Crippen molar-refractivity contribution in [2.45, 2.75) is 19.5 Å². The minimum Gasteiger partial charge on any atom is -0.505 e. The smallest absolute Gasteiger partial charge is 0.170 e. The lowest BCUT2D eigenvalue weighted by Gasteiger charge is -2.04. The fourth-order valence-corrected chi connectivity index (χ4v) is 1.83. The number of hydrogen-bond acceptors (Lipinski definition) is 2. The first kappa shape index (κ1) is 9.80. The number of hydrogen-bond donors (Lipinski definition) is 0. The fourth-order valence-electron chi connectivity index (χ4n) is 1.19. The van der Waals surface area contributed by atoms with Gasteiger partial charge in [0.1, 0.15) is 0 Å². The summed E-state index contributed by atoms with van der Waals surface area (Å²) in [6.07, 6.45) is 5.19. The van der Waals surface area contributed by atoms with Crippen molar-refractivity contribution in [3.05, 3.63) is 12.3 Å². The zero-order valence-corrected chi connectivity index (χ0v) is 9.27. The molecule has 0 aromatic carbocycles. The SMILES string of the molecule is COC=CC1CC1CO[SiH](C)C. The number of methoxy groups -OCH3 is 1. The molecule has 12 heavy (non-hydrogen) atoms. The van der Waals surface area contributed by atoms with Crippen molar-refractivity contribution in [1.29, 1.82) is 0 Å². The van der Waals surface area contributed by atoms with Gasteiger partial charge in [0.2, 0.25) is 0 Å². The standard InChI is InChI=1S/C9H18O2Si/c1-10-5-4-8-6-9(8)7-11-12(2)3/h4-5,8-9,12H,6-7H2,1-3H3. The minimum atomic E-state index is -0.796. The van der Waals surface area contributed by atoms with Crippen LogP contribution in [0.3, 0.4) is 0 Å². The summed E-state index contributed by atoms with van der Waals surface area (Å²) in [4.78, 5) is 0. The first-order valence-corrected chi connectivity index (χ1v) is 7.33. The number of rotatable bonds is 5. The summed E-state index contributed by atoms with van der Waals surface area (Å²) in [5, 5.41) is 0. The lowest BCUT2D eigenvalue weighted by Crippen LogP contribution is -2.10. The topological polar surface area (TPSA) is 18.5 Å². The van der Waals surface area contributed by atoms with E-state index in [9.17, 15) is 0 Å². The van der Waals surface area contributed by atoms with E-state index in [1.165, 1.54) is 6.42 Å². The van der Waals surface area contributed by atoms with Crippen LogP contribution in [0.15, 0.2) is 12.3 Å². The van der Waals surface area contributed by atoms with E-state index < -0.39 is 9.04 Å². The van der Waals surface area contributed by atoms with Gasteiger partial charge in [0, 0.05) is 6.61 Å². The van der Waals surface area contributed by atoms with Crippen molar-refractivity contribution < 1.29 is 9.16 Å². The van der Waals surface area contributed by atoms with Gasteiger partial charge >= 0.3 is 0 Å². The highest BCUT2D eigenvalue weighted by atomic mass is 28.3. The number of ether oxygens (including phenoxy) is 1. The van der Waals surface area contributed by atoms with E-state index in [1.54, 1.807) is 13.4 Å². The van der Waals surface area contributed by atoms with E-state index in [4.69, 9.17) is 9.16 Å². The Labute approximate surface area is 76.3 Å². The quantitative estimate of drug-likeness (QED) is 0.481. The van der Waals surface area contributed by atoms with Gasteiger partial charge in [-0.05, 0) is 37.4 Å². The molecule has 0 spiro atoms. The molecule has 70 valence electrons. The van der Waals surface area contributed by atoms with Crippen LogP contribution in [0.5, 0.6) is 0 Å². The van der Waals surface area contributed by atoms with Gasteiger partial charge in [-0.15, -0.1) is 0 Å². The van der Waals surface area contributed by atoms with Crippen LogP contribution in [0, 0.1) is 11.8 Å². The average Bonchev–Trinajstić information content (AvgIpc) is 2.76. The summed E-state index contributed by atoms with van der Waals surface area (Å²) in [5.74, 6) is 1.49. The first-order chi connectivity index (χ1) is 5.74. The van der Waals surface area contributed by atoms with E-state index in [1.807, 2.05) is 0 Å². The second kappa shape index (κ2) is 4.67. The summed E-state index contributed by atoms with van der Waals surface area (Å²) >= 11 is 0. The Morgan fingerprint density at radius 2 is 2.25 bits per heavy atom. The molecule has 0 saturated heterocycles.